The first-order valence-electron chi connectivity index (χ1n) is 9.46. The fourth-order valence-corrected chi connectivity index (χ4v) is 3.70. The molecule has 0 bridgehead atoms. The van der Waals surface area contributed by atoms with Gasteiger partial charge in [0, 0.05) is 32.7 Å². The van der Waals surface area contributed by atoms with Gasteiger partial charge in [-0.15, -0.1) is 0 Å². The van der Waals surface area contributed by atoms with Crippen molar-refractivity contribution < 1.29 is 4.79 Å². The van der Waals surface area contributed by atoms with Crippen LogP contribution in [-0.4, -0.2) is 47.9 Å². The molecule has 2 aromatic rings. The van der Waals surface area contributed by atoms with Gasteiger partial charge in [0.1, 0.15) is 0 Å². The number of hydrogen-bond donors (Lipinski definition) is 1. The molecule has 4 heteroatoms. The minimum atomic E-state index is -0.468. The molecule has 1 aliphatic heterocycles. The Morgan fingerprint density at radius 3 is 2.15 bits per heavy atom. The molecular weight excluding hydrogens is 322 g/mol. The molecule has 1 fully saturated rings. The molecule has 1 amide bonds. The van der Waals surface area contributed by atoms with E-state index in [1.54, 1.807) is 0 Å². The van der Waals surface area contributed by atoms with Gasteiger partial charge in [-0.05, 0) is 30.4 Å². The Labute approximate surface area is 156 Å². The fourth-order valence-electron chi connectivity index (χ4n) is 3.70. The third kappa shape index (κ3) is 4.93. The van der Waals surface area contributed by atoms with Crippen LogP contribution in [-0.2, 0) is 17.8 Å². The van der Waals surface area contributed by atoms with Crippen molar-refractivity contribution in [2.45, 2.75) is 37.9 Å². The number of likely N-dealkylation sites (N-methyl/N-ethyl adjacent to an activating group) is 1. The van der Waals surface area contributed by atoms with E-state index in [9.17, 15) is 4.79 Å². The largest absolute Gasteiger partial charge is 0.341 e. The number of likely N-dealkylation sites (tertiary alicyclic amines) is 1. The quantitative estimate of drug-likeness (QED) is 0.870. The van der Waals surface area contributed by atoms with E-state index in [2.05, 4.69) is 35.2 Å². The van der Waals surface area contributed by atoms with Crippen molar-refractivity contribution in [3.8, 4) is 0 Å². The molecule has 3 rings (SSSR count). The molecule has 2 aromatic carbocycles. The van der Waals surface area contributed by atoms with E-state index in [0.29, 0.717) is 6.42 Å². The van der Waals surface area contributed by atoms with E-state index in [1.165, 1.54) is 5.56 Å². The van der Waals surface area contributed by atoms with E-state index in [1.807, 2.05) is 42.3 Å². The van der Waals surface area contributed by atoms with E-state index in [4.69, 9.17) is 5.73 Å². The monoisotopic (exact) mass is 351 g/mol. The number of carbonyl (C=O) groups is 1. The van der Waals surface area contributed by atoms with Gasteiger partial charge in [-0.2, -0.15) is 0 Å². The number of hydrogen-bond acceptors (Lipinski definition) is 3. The lowest BCUT2D eigenvalue weighted by Gasteiger charge is -2.37. The van der Waals surface area contributed by atoms with Crippen molar-refractivity contribution in [2.75, 3.05) is 20.1 Å². The molecule has 0 aliphatic carbocycles. The molecule has 1 saturated heterocycles. The van der Waals surface area contributed by atoms with Crippen LogP contribution in [0.5, 0.6) is 0 Å². The topological polar surface area (TPSA) is 49.6 Å². The number of rotatable bonds is 6. The Kier molecular flexibility index (Phi) is 6.42. The highest BCUT2D eigenvalue weighted by Gasteiger charge is 2.28. The predicted molar refractivity (Wildman–Crippen MR) is 106 cm³/mol. The lowest BCUT2D eigenvalue weighted by atomic mass is 10.0. The SMILES string of the molecule is CN(C(=O)[C@@H](N)Cc1ccccc1)C1CCN(Cc2ccccc2)CC1. The minimum absolute atomic E-state index is 0.0513. The summed E-state index contributed by atoms with van der Waals surface area (Å²) in [5, 5.41) is 0. The molecule has 0 aromatic heterocycles. The summed E-state index contributed by atoms with van der Waals surface area (Å²) in [6.45, 7) is 3.02. The first-order valence-corrected chi connectivity index (χ1v) is 9.46. The van der Waals surface area contributed by atoms with Crippen LogP contribution < -0.4 is 5.73 Å². The van der Waals surface area contributed by atoms with Crippen LogP contribution in [0, 0.1) is 0 Å². The van der Waals surface area contributed by atoms with Gasteiger partial charge < -0.3 is 10.6 Å². The van der Waals surface area contributed by atoms with E-state index < -0.39 is 6.04 Å². The molecule has 138 valence electrons. The molecule has 0 radical (unpaired) electrons. The Morgan fingerprint density at radius 2 is 1.58 bits per heavy atom. The summed E-state index contributed by atoms with van der Waals surface area (Å²) in [6, 6.07) is 20.4. The van der Waals surface area contributed by atoms with Crippen LogP contribution in [0.1, 0.15) is 24.0 Å². The number of nitrogens with two attached hydrogens (primary N) is 1. The molecule has 1 atom stereocenters. The Hall–Kier alpha value is -2.17. The summed E-state index contributed by atoms with van der Waals surface area (Å²) in [5.74, 6) is 0.0513. The van der Waals surface area contributed by atoms with Crippen LogP contribution in [0.25, 0.3) is 0 Å². The summed E-state index contributed by atoms with van der Waals surface area (Å²) in [4.78, 5) is 17.1. The predicted octanol–water partition coefficient (Wildman–Crippen LogP) is 2.68. The minimum Gasteiger partial charge on any atom is -0.341 e. The molecule has 0 saturated carbocycles. The smallest absolute Gasteiger partial charge is 0.239 e. The highest BCUT2D eigenvalue weighted by molar-refractivity contribution is 5.82. The van der Waals surface area contributed by atoms with Crippen molar-refractivity contribution in [3.05, 3.63) is 71.8 Å². The molecule has 0 unspecified atom stereocenters. The molecule has 2 N–H and O–H groups in total. The van der Waals surface area contributed by atoms with Gasteiger partial charge in [0.25, 0.3) is 0 Å². The maximum atomic E-state index is 12.7. The highest BCUT2D eigenvalue weighted by Crippen LogP contribution is 2.18. The second-order valence-corrected chi connectivity index (χ2v) is 7.24. The lowest BCUT2D eigenvalue weighted by Crippen LogP contribution is -2.50. The van der Waals surface area contributed by atoms with E-state index in [0.717, 1.165) is 38.0 Å². The standard InChI is InChI=1S/C22H29N3O/c1-24(22(26)21(23)16-18-8-4-2-5-9-18)20-12-14-25(15-13-20)17-19-10-6-3-7-11-19/h2-11,20-21H,12-17,23H2,1H3/t21-/m0/s1. The first-order chi connectivity index (χ1) is 12.6. The average Bonchev–Trinajstić information content (AvgIpc) is 2.69. The van der Waals surface area contributed by atoms with E-state index >= 15 is 0 Å². The van der Waals surface area contributed by atoms with Crippen LogP contribution in [0.4, 0.5) is 0 Å². The summed E-state index contributed by atoms with van der Waals surface area (Å²) in [5.41, 5.74) is 8.64. The highest BCUT2D eigenvalue weighted by atomic mass is 16.2. The van der Waals surface area contributed by atoms with Gasteiger partial charge in [0.15, 0.2) is 0 Å². The zero-order chi connectivity index (χ0) is 18.4. The van der Waals surface area contributed by atoms with Crippen molar-refractivity contribution in [3.63, 3.8) is 0 Å². The number of benzene rings is 2. The maximum Gasteiger partial charge on any atom is 0.239 e. The van der Waals surface area contributed by atoms with Gasteiger partial charge in [-0.3, -0.25) is 9.69 Å². The van der Waals surface area contributed by atoms with Crippen LogP contribution >= 0.6 is 0 Å². The number of nitrogens with zero attached hydrogens (tertiary/aromatic N) is 2. The second-order valence-electron chi connectivity index (χ2n) is 7.24. The molecular formula is C22H29N3O. The van der Waals surface area contributed by atoms with Crippen molar-refractivity contribution in [2.24, 2.45) is 5.73 Å². The summed E-state index contributed by atoms with van der Waals surface area (Å²) in [7, 11) is 1.91. The van der Waals surface area contributed by atoms with Crippen LogP contribution in [0.3, 0.4) is 0 Å². The van der Waals surface area contributed by atoms with Gasteiger partial charge in [-0.25, -0.2) is 0 Å². The molecule has 4 nitrogen and oxygen atoms in total. The number of carbonyl (C=O) groups excluding carboxylic acids is 1. The molecule has 0 spiro atoms. The number of piperidine rings is 1. The summed E-state index contributed by atoms with van der Waals surface area (Å²) < 4.78 is 0. The normalized spacial score (nSPS) is 17.0. The molecule has 26 heavy (non-hydrogen) atoms. The maximum absolute atomic E-state index is 12.7. The Balaban J connectivity index is 1.48. The molecule has 1 aliphatic rings. The van der Waals surface area contributed by atoms with Crippen molar-refractivity contribution in [1.29, 1.82) is 0 Å². The third-order valence-electron chi connectivity index (χ3n) is 5.32. The zero-order valence-corrected chi connectivity index (χ0v) is 15.6. The van der Waals surface area contributed by atoms with Crippen LogP contribution in [0.2, 0.25) is 0 Å². The summed E-state index contributed by atoms with van der Waals surface area (Å²) >= 11 is 0. The van der Waals surface area contributed by atoms with Gasteiger partial charge in [0.2, 0.25) is 5.91 Å². The van der Waals surface area contributed by atoms with Gasteiger partial charge >= 0.3 is 0 Å². The number of amides is 1. The zero-order valence-electron chi connectivity index (χ0n) is 15.6. The van der Waals surface area contributed by atoms with Crippen molar-refractivity contribution >= 4 is 5.91 Å². The van der Waals surface area contributed by atoms with Gasteiger partial charge in [0.05, 0.1) is 6.04 Å². The van der Waals surface area contributed by atoms with Gasteiger partial charge in [-0.1, -0.05) is 60.7 Å². The Morgan fingerprint density at radius 1 is 1.04 bits per heavy atom. The Bertz CT molecular complexity index is 681. The van der Waals surface area contributed by atoms with Crippen LogP contribution in [0.15, 0.2) is 60.7 Å². The lowest BCUT2D eigenvalue weighted by molar-refractivity contribution is -0.134. The summed E-state index contributed by atoms with van der Waals surface area (Å²) in [6.07, 6.45) is 2.61. The third-order valence-corrected chi connectivity index (χ3v) is 5.32. The molecule has 1 heterocycles. The second kappa shape index (κ2) is 8.97. The average molecular weight is 351 g/mol. The fraction of sp³-hybridized carbons (Fsp3) is 0.409. The van der Waals surface area contributed by atoms with Crippen molar-refractivity contribution in [1.82, 2.24) is 9.80 Å². The van der Waals surface area contributed by atoms with E-state index in [-0.39, 0.29) is 11.9 Å². The first kappa shape index (κ1) is 18.6.